The molecule has 0 atom stereocenters. The van der Waals surface area contributed by atoms with Crippen LogP contribution in [-0.2, 0) is 26.5 Å². The van der Waals surface area contributed by atoms with Crippen molar-refractivity contribution in [2.75, 3.05) is 9.80 Å². The molecule has 0 saturated heterocycles. The molecule has 7 nitrogen and oxygen atoms in total. The van der Waals surface area contributed by atoms with E-state index in [0.29, 0.717) is 11.5 Å². The SMILES string of the molecule is CC(C)(C)c1ccnc(-n2c3[c-]c(Oc4[c-]c(N5[CH-]N(c6cc7ccccc7cn6)c6cnccc65)ccc4)ccc3c3ccccc32)c1.[Pt]. The van der Waals surface area contributed by atoms with Crippen LogP contribution in [0.2, 0.25) is 0 Å². The van der Waals surface area contributed by atoms with Gasteiger partial charge in [0.05, 0.1) is 11.9 Å². The first kappa shape index (κ1) is 31.7. The van der Waals surface area contributed by atoms with Gasteiger partial charge in [-0.25, -0.2) is 9.97 Å². The molecule has 1 aliphatic heterocycles. The summed E-state index contributed by atoms with van der Waals surface area (Å²) in [5.74, 6) is 2.83. The molecule has 0 spiro atoms. The summed E-state index contributed by atoms with van der Waals surface area (Å²) in [5.41, 5.74) is 5.91. The normalized spacial score (nSPS) is 12.8. The Kier molecular flexibility index (Phi) is 7.88. The van der Waals surface area contributed by atoms with Crippen LogP contribution in [0.15, 0.2) is 128 Å². The van der Waals surface area contributed by atoms with E-state index in [0.717, 1.165) is 61.3 Å². The number of ether oxygens (including phenoxy) is 1. The van der Waals surface area contributed by atoms with Crippen molar-refractivity contribution in [3.63, 3.8) is 0 Å². The maximum Gasteiger partial charge on any atom is 0.135 e. The Morgan fingerprint density at radius 2 is 1.48 bits per heavy atom. The van der Waals surface area contributed by atoms with E-state index >= 15 is 0 Å². The summed E-state index contributed by atoms with van der Waals surface area (Å²) >= 11 is 0. The quantitative estimate of drug-likeness (QED) is 0.161. The second kappa shape index (κ2) is 12.4. The first-order chi connectivity index (χ1) is 23.9. The molecule has 4 aromatic heterocycles. The molecule has 0 bridgehead atoms. The molecule has 50 heavy (non-hydrogen) atoms. The van der Waals surface area contributed by atoms with Gasteiger partial charge in [-0.3, -0.25) is 4.98 Å². The maximum atomic E-state index is 6.48. The van der Waals surface area contributed by atoms with Gasteiger partial charge >= 0.3 is 0 Å². The molecule has 0 fully saturated rings. The van der Waals surface area contributed by atoms with Gasteiger partial charge in [-0.15, -0.1) is 48.1 Å². The molecular formula is C42H31N6OPt-3. The van der Waals surface area contributed by atoms with Crippen molar-refractivity contribution in [3.8, 4) is 17.3 Å². The molecule has 5 heterocycles. The van der Waals surface area contributed by atoms with Gasteiger partial charge in [0.1, 0.15) is 11.6 Å². The zero-order valence-electron chi connectivity index (χ0n) is 27.6. The Hall–Kier alpha value is -5.52. The van der Waals surface area contributed by atoms with Crippen LogP contribution in [0.5, 0.6) is 11.5 Å². The van der Waals surface area contributed by atoms with Crippen molar-refractivity contribution >= 4 is 55.5 Å². The fourth-order valence-corrected chi connectivity index (χ4v) is 6.52. The van der Waals surface area contributed by atoms with Crippen LogP contribution >= 0.6 is 0 Å². The van der Waals surface area contributed by atoms with Crippen LogP contribution in [0.25, 0.3) is 38.4 Å². The van der Waals surface area contributed by atoms with E-state index in [1.165, 1.54) is 5.56 Å². The van der Waals surface area contributed by atoms with Crippen LogP contribution in [0.1, 0.15) is 26.3 Å². The Morgan fingerprint density at radius 1 is 0.660 bits per heavy atom. The van der Waals surface area contributed by atoms with E-state index in [1.807, 2.05) is 67.7 Å². The summed E-state index contributed by atoms with van der Waals surface area (Å²) in [6, 6.07) is 42.0. The zero-order valence-corrected chi connectivity index (χ0v) is 29.9. The molecular weight excluding hydrogens is 800 g/mol. The second-order valence-electron chi connectivity index (χ2n) is 13.2. The van der Waals surface area contributed by atoms with Crippen molar-refractivity contribution in [1.29, 1.82) is 0 Å². The van der Waals surface area contributed by atoms with Gasteiger partial charge in [0, 0.05) is 67.7 Å². The molecule has 0 N–H and O–H groups in total. The van der Waals surface area contributed by atoms with Crippen molar-refractivity contribution in [2.45, 2.75) is 26.2 Å². The molecule has 9 rings (SSSR count). The van der Waals surface area contributed by atoms with Gasteiger partial charge in [-0.05, 0) is 52.1 Å². The van der Waals surface area contributed by atoms with Crippen LogP contribution < -0.4 is 14.5 Å². The third-order valence-corrected chi connectivity index (χ3v) is 9.02. The van der Waals surface area contributed by atoms with Gasteiger partial charge in [-0.1, -0.05) is 68.8 Å². The van der Waals surface area contributed by atoms with E-state index in [1.54, 1.807) is 6.20 Å². The predicted octanol–water partition coefficient (Wildman–Crippen LogP) is 10.2. The van der Waals surface area contributed by atoms with E-state index in [9.17, 15) is 0 Å². The number of hydrogen-bond acceptors (Lipinski definition) is 6. The van der Waals surface area contributed by atoms with E-state index in [-0.39, 0.29) is 26.5 Å². The molecule has 8 heteroatoms. The standard InChI is InChI=1S/C42H31N6O.Pt/c1-42(2,3)30-17-20-44-41(22-30)48-36-14-7-6-13-34(36)35-16-15-33(24-38(35)48)49-32-12-8-11-31(23-32)46-27-47(39-26-43-19-18-37(39)46)40-21-28-9-4-5-10-29(28)25-45-40;/h4-22,25-27H,1-3H3;/q-3;. The van der Waals surface area contributed by atoms with Crippen LogP contribution in [0, 0.1) is 18.8 Å². The van der Waals surface area contributed by atoms with Crippen LogP contribution in [-0.4, -0.2) is 19.5 Å². The number of benzene rings is 4. The number of fused-ring (bicyclic) bond motifs is 5. The Bertz CT molecular complexity index is 2540. The first-order valence-electron chi connectivity index (χ1n) is 16.3. The number of rotatable bonds is 5. The third-order valence-electron chi connectivity index (χ3n) is 9.02. The minimum absolute atomic E-state index is 0. The van der Waals surface area contributed by atoms with Crippen molar-refractivity contribution in [3.05, 3.63) is 152 Å². The maximum absolute atomic E-state index is 6.48. The Balaban J connectivity index is 0.00000361. The molecule has 0 unspecified atom stereocenters. The summed E-state index contributed by atoms with van der Waals surface area (Å²) in [6.45, 7) is 8.67. The minimum Gasteiger partial charge on any atom is -0.509 e. The molecule has 0 radical (unpaired) electrons. The van der Waals surface area contributed by atoms with E-state index < -0.39 is 0 Å². The van der Waals surface area contributed by atoms with Crippen molar-refractivity contribution in [2.24, 2.45) is 0 Å². The smallest absolute Gasteiger partial charge is 0.135 e. The summed E-state index contributed by atoms with van der Waals surface area (Å²) < 4.78 is 8.65. The van der Waals surface area contributed by atoms with E-state index in [4.69, 9.17) is 14.7 Å². The molecule has 0 amide bonds. The number of pyridine rings is 3. The average molecular weight is 831 g/mol. The number of anilines is 4. The van der Waals surface area contributed by atoms with Gasteiger partial charge in [0.15, 0.2) is 0 Å². The molecule has 1 aliphatic rings. The van der Waals surface area contributed by atoms with Crippen LogP contribution in [0.4, 0.5) is 22.9 Å². The summed E-state index contributed by atoms with van der Waals surface area (Å²) in [4.78, 5) is 18.1. The molecule has 8 aromatic rings. The van der Waals surface area contributed by atoms with E-state index in [2.05, 4.69) is 113 Å². The largest absolute Gasteiger partial charge is 0.509 e. The number of nitrogens with zero attached hydrogens (tertiary/aromatic N) is 6. The van der Waals surface area contributed by atoms with Gasteiger partial charge < -0.3 is 19.1 Å². The number of hydrogen-bond donors (Lipinski definition) is 0. The topological polar surface area (TPSA) is 59.3 Å². The van der Waals surface area contributed by atoms with Gasteiger partial charge in [0.25, 0.3) is 0 Å². The predicted molar refractivity (Wildman–Crippen MR) is 196 cm³/mol. The van der Waals surface area contributed by atoms with Crippen molar-refractivity contribution < 1.29 is 25.8 Å². The monoisotopic (exact) mass is 830 g/mol. The number of para-hydroxylation sites is 1. The number of aromatic nitrogens is 4. The zero-order chi connectivity index (χ0) is 33.1. The molecule has 0 saturated carbocycles. The van der Waals surface area contributed by atoms with Gasteiger partial charge in [0.2, 0.25) is 0 Å². The first-order valence-corrected chi connectivity index (χ1v) is 16.3. The fraction of sp³-hybridized carbons (Fsp3) is 0.0952. The Morgan fingerprint density at radius 3 is 2.36 bits per heavy atom. The summed E-state index contributed by atoms with van der Waals surface area (Å²) in [5, 5.41) is 4.44. The van der Waals surface area contributed by atoms with Crippen LogP contribution in [0.3, 0.4) is 0 Å². The van der Waals surface area contributed by atoms with Gasteiger partial charge in [-0.2, -0.15) is 12.1 Å². The third kappa shape index (κ3) is 5.48. The summed E-state index contributed by atoms with van der Waals surface area (Å²) in [7, 11) is 0. The summed E-state index contributed by atoms with van der Waals surface area (Å²) in [6.07, 6.45) is 7.45. The fourth-order valence-electron chi connectivity index (χ4n) is 6.52. The Labute approximate surface area is 305 Å². The van der Waals surface area contributed by atoms with Crippen molar-refractivity contribution in [1.82, 2.24) is 19.5 Å². The minimum atomic E-state index is -0.0118. The molecule has 4 aromatic carbocycles. The molecule has 248 valence electrons. The average Bonchev–Trinajstić information content (AvgIpc) is 3.67. The second-order valence-corrected chi connectivity index (χ2v) is 13.2. The molecule has 0 aliphatic carbocycles.